The van der Waals surface area contributed by atoms with Gasteiger partial charge in [0.25, 0.3) is 5.09 Å². The molecule has 1 unspecified atom stereocenters. The van der Waals surface area contributed by atoms with Gasteiger partial charge in [0.05, 0.1) is 0 Å². The van der Waals surface area contributed by atoms with Crippen LogP contribution >= 0.6 is 0 Å². The molecule has 0 aromatic rings. The van der Waals surface area contributed by atoms with Crippen molar-refractivity contribution < 1.29 is 14.8 Å². The van der Waals surface area contributed by atoms with Gasteiger partial charge in [0.2, 0.25) is 5.54 Å². The molecule has 0 saturated heterocycles. The largest absolute Gasteiger partial charge is 0.306 e. The molecule has 7 heteroatoms. The molecule has 0 saturated carbocycles. The number of unbranched alkanes of at least 4 members (excludes halogenated alkanes) is 7. The monoisotopic (exact) mass is 290 g/mol. The molecule has 0 aromatic carbocycles. The third-order valence-corrected chi connectivity index (χ3v) is 3.49. The van der Waals surface area contributed by atoms with E-state index in [4.69, 9.17) is 0 Å². The van der Waals surface area contributed by atoms with Crippen LogP contribution < -0.4 is 0 Å². The molecule has 0 radical (unpaired) electrons. The van der Waals surface area contributed by atoms with Crippen LogP contribution in [0.25, 0.3) is 0 Å². The van der Waals surface area contributed by atoms with Crippen molar-refractivity contribution in [3.63, 3.8) is 0 Å². The fourth-order valence-electron chi connectivity index (χ4n) is 2.05. The number of nitro groups is 1. The molecule has 0 heterocycles. The first kappa shape index (κ1) is 18.6. The van der Waals surface area contributed by atoms with Crippen LogP contribution in [0.3, 0.4) is 0 Å². The minimum absolute atomic E-state index is 0.308. The van der Waals surface area contributed by atoms with Crippen LogP contribution in [0.15, 0.2) is 0 Å². The maximum Gasteiger partial charge on any atom is 0.294 e. The summed E-state index contributed by atoms with van der Waals surface area (Å²) < 4.78 is 0. The summed E-state index contributed by atoms with van der Waals surface area (Å²) in [5, 5.41) is 20.1. The maximum absolute atomic E-state index is 11.0. The lowest BCUT2D eigenvalue weighted by atomic mass is 9.95. The molecule has 0 aliphatic heterocycles. The summed E-state index contributed by atoms with van der Waals surface area (Å²) in [4.78, 5) is 24.8. The first-order chi connectivity index (χ1) is 9.42. The minimum Gasteiger partial charge on any atom is -0.306 e. The van der Waals surface area contributed by atoms with Gasteiger partial charge in [0.15, 0.2) is 6.61 Å². The molecule has 0 amide bonds. The summed E-state index contributed by atoms with van der Waals surface area (Å²) in [6.07, 6.45) is 9.09. The standard InChI is InChI=1S/C13H26N2O5/c1-3-4-5-6-7-8-9-10-11-13(2,14(16)17)12-20-15(18)19/h3-12H2,1-2H3. The van der Waals surface area contributed by atoms with Crippen molar-refractivity contribution in [3.05, 3.63) is 20.2 Å². The summed E-state index contributed by atoms with van der Waals surface area (Å²) >= 11 is 0. The van der Waals surface area contributed by atoms with Gasteiger partial charge in [-0.25, -0.2) is 0 Å². The van der Waals surface area contributed by atoms with Crippen LogP contribution in [-0.2, 0) is 4.84 Å². The third kappa shape index (κ3) is 8.66. The van der Waals surface area contributed by atoms with Gasteiger partial charge in [-0.15, -0.1) is 10.1 Å². The van der Waals surface area contributed by atoms with E-state index in [9.17, 15) is 20.2 Å². The van der Waals surface area contributed by atoms with Gasteiger partial charge in [-0.2, -0.15) is 0 Å². The molecule has 0 aromatic heterocycles. The Morgan fingerprint density at radius 2 is 1.45 bits per heavy atom. The molecular weight excluding hydrogens is 264 g/mol. The smallest absolute Gasteiger partial charge is 0.294 e. The highest BCUT2D eigenvalue weighted by Crippen LogP contribution is 2.20. The van der Waals surface area contributed by atoms with E-state index in [-0.39, 0.29) is 0 Å². The second-order valence-corrected chi connectivity index (χ2v) is 5.48. The molecular formula is C13H26N2O5. The lowest BCUT2D eigenvalue weighted by molar-refractivity contribution is -0.770. The second-order valence-electron chi connectivity index (χ2n) is 5.48. The van der Waals surface area contributed by atoms with E-state index in [1.54, 1.807) is 0 Å². The SMILES string of the molecule is CCCCCCCCCCC(C)(CO[N+](=O)[O-])[N+](=O)[O-]. The van der Waals surface area contributed by atoms with Gasteiger partial charge in [-0.05, 0) is 6.42 Å². The fourth-order valence-corrected chi connectivity index (χ4v) is 2.05. The second kappa shape index (κ2) is 10.4. The Morgan fingerprint density at radius 3 is 1.90 bits per heavy atom. The van der Waals surface area contributed by atoms with Crippen LogP contribution in [0.1, 0.15) is 71.6 Å². The van der Waals surface area contributed by atoms with E-state index < -0.39 is 22.2 Å². The zero-order valence-electron chi connectivity index (χ0n) is 12.5. The lowest BCUT2D eigenvalue weighted by Gasteiger charge is -2.19. The summed E-state index contributed by atoms with van der Waals surface area (Å²) in [6, 6.07) is 0. The van der Waals surface area contributed by atoms with E-state index >= 15 is 0 Å². The Labute approximate surface area is 119 Å². The van der Waals surface area contributed by atoms with Crippen molar-refractivity contribution in [1.82, 2.24) is 0 Å². The van der Waals surface area contributed by atoms with E-state index in [0.29, 0.717) is 12.8 Å². The Bertz CT molecular complexity index is 298. The van der Waals surface area contributed by atoms with Crippen molar-refractivity contribution >= 4 is 0 Å². The fraction of sp³-hybridized carbons (Fsp3) is 1.00. The number of hydrogen-bond acceptors (Lipinski definition) is 5. The van der Waals surface area contributed by atoms with E-state index in [1.165, 1.54) is 32.6 Å². The van der Waals surface area contributed by atoms with Crippen molar-refractivity contribution in [3.8, 4) is 0 Å². The first-order valence-corrected chi connectivity index (χ1v) is 7.34. The Balaban J connectivity index is 3.81. The third-order valence-electron chi connectivity index (χ3n) is 3.49. The molecule has 20 heavy (non-hydrogen) atoms. The van der Waals surface area contributed by atoms with Gasteiger partial charge < -0.3 is 4.84 Å². The summed E-state index contributed by atoms with van der Waals surface area (Å²) in [5.74, 6) is 0. The highest BCUT2D eigenvalue weighted by Gasteiger charge is 2.37. The van der Waals surface area contributed by atoms with Crippen LogP contribution in [0.5, 0.6) is 0 Å². The van der Waals surface area contributed by atoms with Gasteiger partial charge >= 0.3 is 0 Å². The average molecular weight is 290 g/mol. The molecule has 0 fully saturated rings. The van der Waals surface area contributed by atoms with Crippen molar-refractivity contribution in [2.75, 3.05) is 6.61 Å². The molecule has 118 valence electrons. The predicted molar refractivity (Wildman–Crippen MR) is 75.6 cm³/mol. The topological polar surface area (TPSA) is 95.5 Å². The summed E-state index contributed by atoms with van der Waals surface area (Å²) in [7, 11) is 0. The van der Waals surface area contributed by atoms with E-state index in [0.717, 1.165) is 19.3 Å². The number of hydrogen-bond donors (Lipinski definition) is 0. The number of rotatable bonds is 13. The van der Waals surface area contributed by atoms with Gasteiger partial charge in [0, 0.05) is 18.3 Å². The van der Waals surface area contributed by atoms with Crippen molar-refractivity contribution in [1.29, 1.82) is 0 Å². The Hall–Kier alpha value is -1.40. The normalized spacial score (nSPS) is 13.7. The van der Waals surface area contributed by atoms with Crippen LogP contribution in [0, 0.1) is 20.2 Å². The molecule has 0 aliphatic carbocycles. The Kier molecular flexibility index (Phi) is 9.67. The quantitative estimate of drug-likeness (QED) is 0.292. The van der Waals surface area contributed by atoms with E-state index in [1.807, 2.05) is 0 Å². The van der Waals surface area contributed by atoms with Gasteiger partial charge in [-0.3, -0.25) is 10.1 Å². The predicted octanol–water partition coefficient (Wildman–Crippen LogP) is 3.76. The lowest BCUT2D eigenvalue weighted by Crippen LogP contribution is -2.40. The number of nitrogens with zero attached hydrogens (tertiary/aromatic N) is 2. The van der Waals surface area contributed by atoms with Crippen LogP contribution in [0.2, 0.25) is 0 Å². The minimum atomic E-state index is -1.37. The molecule has 0 bridgehead atoms. The zero-order valence-corrected chi connectivity index (χ0v) is 12.5. The molecule has 1 atom stereocenters. The summed E-state index contributed by atoms with van der Waals surface area (Å²) in [6.45, 7) is 3.09. The van der Waals surface area contributed by atoms with E-state index in [2.05, 4.69) is 11.8 Å². The molecule has 0 N–H and O–H groups in total. The van der Waals surface area contributed by atoms with Gasteiger partial charge in [0.1, 0.15) is 0 Å². The average Bonchev–Trinajstić information content (AvgIpc) is 2.39. The van der Waals surface area contributed by atoms with Crippen molar-refractivity contribution in [2.45, 2.75) is 77.2 Å². The highest BCUT2D eigenvalue weighted by atomic mass is 17.0. The molecule has 0 spiro atoms. The van der Waals surface area contributed by atoms with Crippen molar-refractivity contribution in [2.24, 2.45) is 0 Å². The van der Waals surface area contributed by atoms with Crippen LogP contribution in [0.4, 0.5) is 0 Å². The maximum atomic E-state index is 11.0. The molecule has 0 rings (SSSR count). The van der Waals surface area contributed by atoms with Crippen LogP contribution in [-0.4, -0.2) is 22.2 Å². The zero-order chi connectivity index (χ0) is 15.4. The summed E-state index contributed by atoms with van der Waals surface area (Å²) in [5.41, 5.74) is -1.37. The van der Waals surface area contributed by atoms with Gasteiger partial charge in [-0.1, -0.05) is 51.9 Å². The molecule has 7 nitrogen and oxygen atoms in total. The molecule has 0 aliphatic rings. The Morgan fingerprint density at radius 1 is 0.950 bits per heavy atom. The highest BCUT2D eigenvalue weighted by molar-refractivity contribution is 4.72. The first-order valence-electron chi connectivity index (χ1n) is 7.34.